The van der Waals surface area contributed by atoms with Gasteiger partial charge in [0.05, 0.1) is 6.61 Å². The van der Waals surface area contributed by atoms with Gasteiger partial charge in [-0.05, 0) is 49.3 Å². The van der Waals surface area contributed by atoms with Crippen molar-refractivity contribution in [3.05, 3.63) is 29.8 Å². The van der Waals surface area contributed by atoms with Gasteiger partial charge >= 0.3 is 0 Å². The van der Waals surface area contributed by atoms with E-state index in [2.05, 4.69) is 43.4 Å². The van der Waals surface area contributed by atoms with Gasteiger partial charge in [-0.15, -0.1) is 0 Å². The Morgan fingerprint density at radius 2 is 1.81 bits per heavy atom. The first-order valence-corrected chi connectivity index (χ1v) is 8.65. The van der Waals surface area contributed by atoms with E-state index in [-0.39, 0.29) is 0 Å². The molecule has 0 amide bonds. The monoisotopic (exact) mass is 287 g/mol. The number of ether oxygens (including phenoxy) is 1. The summed E-state index contributed by atoms with van der Waals surface area (Å²) >= 11 is 0. The van der Waals surface area contributed by atoms with Crippen LogP contribution in [0.3, 0.4) is 0 Å². The van der Waals surface area contributed by atoms with E-state index >= 15 is 0 Å². The van der Waals surface area contributed by atoms with Crippen LogP contribution in [-0.2, 0) is 5.41 Å². The first-order chi connectivity index (χ1) is 10.2. The Hall–Kier alpha value is -1.02. The Balaban J connectivity index is 1.67. The summed E-state index contributed by atoms with van der Waals surface area (Å²) in [6, 6.07) is 9.73. The molecular weight excluding hydrogens is 258 g/mol. The van der Waals surface area contributed by atoms with Crippen LogP contribution in [0.1, 0.15) is 57.9 Å². The molecule has 21 heavy (non-hydrogen) atoms. The predicted molar refractivity (Wildman–Crippen MR) is 87.9 cm³/mol. The fraction of sp³-hybridized carbons (Fsp3) is 0.684. The summed E-state index contributed by atoms with van der Waals surface area (Å²) in [5.41, 5.74) is 1.88. The molecule has 0 aliphatic heterocycles. The van der Waals surface area contributed by atoms with Crippen molar-refractivity contribution in [3.63, 3.8) is 0 Å². The van der Waals surface area contributed by atoms with E-state index in [1.165, 1.54) is 44.1 Å². The van der Waals surface area contributed by atoms with Crippen molar-refractivity contribution < 1.29 is 4.74 Å². The second-order valence-electron chi connectivity index (χ2n) is 7.37. The molecule has 2 nitrogen and oxygen atoms in total. The van der Waals surface area contributed by atoms with Crippen molar-refractivity contribution in [1.82, 2.24) is 5.32 Å². The first-order valence-electron chi connectivity index (χ1n) is 8.65. The first kappa shape index (κ1) is 14.9. The molecule has 0 atom stereocenters. The maximum absolute atomic E-state index is 5.81. The van der Waals surface area contributed by atoms with Crippen LogP contribution in [0, 0.1) is 5.92 Å². The molecule has 0 bridgehead atoms. The summed E-state index contributed by atoms with van der Waals surface area (Å²) in [4.78, 5) is 0. The zero-order chi connectivity index (χ0) is 14.7. The van der Waals surface area contributed by atoms with Crippen LogP contribution in [0.4, 0.5) is 0 Å². The summed E-state index contributed by atoms with van der Waals surface area (Å²) in [5.74, 6) is 1.59. The summed E-state index contributed by atoms with van der Waals surface area (Å²) in [7, 11) is 0. The standard InChI is InChI=1S/C19H29NO/c1-15(2)13-21-18-9-5-16(6-10-18)19(11-3-4-12-19)14-20-17-7-8-17/h5-6,9-10,15,17,20H,3-4,7-8,11-14H2,1-2H3. The third-order valence-electron chi connectivity index (χ3n) is 4.92. The lowest BCUT2D eigenvalue weighted by atomic mass is 9.78. The van der Waals surface area contributed by atoms with Gasteiger partial charge in [-0.3, -0.25) is 0 Å². The quantitative estimate of drug-likeness (QED) is 0.808. The van der Waals surface area contributed by atoms with E-state index in [0.717, 1.165) is 24.9 Å². The SMILES string of the molecule is CC(C)COc1ccc(C2(CNC3CC3)CCCC2)cc1. The normalized spacial score (nSPS) is 20.9. The molecule has 0 aromatic heterocycles. The van der Waals surface area contributed by atoms with E-state index in [9.17, 15) is 0 Å². The molecule has 2 fully saturated rings. The average Bonchev–Trinajstić information content (AvgIpc) is 3.20. The molecule has 0 radical (unpaired) electrons. The van der Waals surface area contributed by atoms with Crippen LogP contribution in [0.15, 0.2) is 24.3 Å². The van der Waals surface area contributed by atoms with Gasteiger partial charge < -0.3 is 10.1 Å². The molecule has 2 saturated carbocycles. The highest BCUT2D eigenvalue weighted by atomic mass is 16.5. The van der Waals surface area contributed by atoms with E-state index in [0.29, 0.717) is 11.3 Å². The van der Waals surface area contributed by atoms with Crippen LogP contribution >= 0.6 is 0 Å². The van der Waals surface area contributed by atoms with Gasteiger partial charge in [0.2, 0.25) is 0 Å². The number of benzene rings is 1. The average molecular weight is 287 g/mol. The van der Waals surface area contributed by atoms with Crippen LogP contribution in [0.2, 0.25) is 0 Å². The molecule has 0 heterocycles. The van der Waals surface area contributed by atoms with Crippen molar-refractivity contribution in [3.8, 4) is 5.75 Å². The fourth-order valence-corrected chi connectivity index (χ4v) is 3.41. The third-order valence-corrected chi connectivity index (χ3v) is 4.92. The molecule has 1 N–H and O–H groups in total. The van der Waals surface area contributed by atoms with Crippen molar-refractivity contribution in [2.24, 2.45) is 5.92 Å². The topological polar surface area (TPSA) is 21.3 Å². The molecule has 0 spiro atoms. The lowest BCUT2D eigenvalue weighted by molar-refractivity contribution is 0.271. The van der Waals surface area contributed by atoms with E-state index in [1.54, 1.807) is 0 Å². The number of rotatable bonds is 7. The van der Waals surface area contributed by atoms with Crippen LogP contribution < -0.4 is 10.1 Å². The highest BCUT2D eigenvalue weighted by Crippen LogP contribution is 2.41. The second kappa shape index (κ2) is 6.39. The number of nitrogens with one attached hydrogen (secondary N) is 1. The summed E-state index contributed by atoms with van der Waals surface area (Å²) in [6.07, 6.45) is 8.16. The van der Waals surface area contributed by atoms with Gasteiger partial charge in [0.1, 0.15) is 5.75 Å². The zero-order valence-corrected chi connectivity index (χ0v) is 13.5. The molecule has 2 aliphatic rings. The summed E-state index contributed by atoms with van der Waals surface area (Å²) in [6.45, 7) is 6.33. The van der Waals surface area contributed by atoms with Gasteiger partial charge in [-0.2, -0.15) is 0 Å². The molecule has 1 aromatic rings. The Bertz CT molecular complexity index is 441. The van der Waals surface area contributed by atoms with E-state index in [4.69, 9.17) is 4.74 Å². The van der Waals surface area contributed by atoms with Gasteiger partial charge in [-0.1, -0.05) is 38.8 Å². The highest BCUT2D eigenvalue weighted by molar-refractivity contribution is 5.33. The van der Waals surface area contributed by atoms with Crippen LogP contribution in [0.5, 0.6) is 5.75 Å². The molecule has 1 aromatic carbocycles. The minimum atomic E-state index is 0.374. The Morgan fingerprint density at radius 1 is 1.14 bits per heavy atom. The Morgan fingerprint density at radius 3 is 2.38 bits per heavy atom. The molecule has 3 rings (SSSR count). The second-order valence-corrected chi connectivity index (χ2v) is 7.37. The van der Waals surface area contributed by atoms with Crippen LogP contribution in [0.25, 0.3) is 0 Å². The highest BCUT2D eigenvalue weighted by Gasteiger charge is 2.36. The Labute approximate surface area is 129 Å². The fourth-order valence-electron chi connectivity index (χ4n) is 3.41. The van der Waals surface area contributed by atoms with Crippen molar-refractivity contribution in [2.75, 3.05) is 13.2 Å². The number of hydrogen-bond acceptors (Lipinski definition) is 2. The van der Waals surface area contributed by atoms with Gasteiger partial charge in [0.15, 0.2) is 0 Å². The summed E-state index contributed by atoms with van der Waals surface area (Å²) in [5, 5.41) is 3.76. The molecule has 2 aliphatic carbocycles. The Kier molecular flexibility index (Phi) is 4.54. The van der Waals surface area contributed by atoms with Crippen molar-refractivity contribution in [2.45, 2.75) is 63.8 Å². The lowest BCUT2D eigenvalue weighted by Gasteiger charge is -2.30. The third kappa shape index (κ3) is 3.79. The van der Waals surface area contributed by atoms with Crippen LogP contribution in [-0.4, -0.2) is 19.2 Å². The largest absolute Gasteiger partial charge is 0.493 e. The maximum atomic E-state index is 5.81. The smallest absolute Gasteiger partial charge is 0.119 e. The van der Waals surface area contributed by atoms with E-state index in [1.807, 2.05) is 0 Å². The van der Waals surface area contributed by atoms with Crippen molar-refractivity contribution >= 4 is 0 Å². The molecular formula is C19H29NO. The predicted octanol–water partition coefficient (Wildman–Crippen LogP) is 4.29. The molecule has 0 saturated heterocycles. The minimum Gasteiger partial charge on any atom is -0.493 e. The molecule has 116 valence electrons. The van der Waals surface area contributed by atoms with Gasteiger partial charge in [0.25, 0.3) is 0 Å². The summed E-state index contributed by atoms with van der Waals surface area (Å²) < 4.78 is 5.81. The maximum Gasteiger partial charge on any atom is 0.119 e. The van der Waals surface area contributed by atoms with Gasteiger partial charge in [-0.25, -0.2) is 0 Å². The van der Waals surface area contributed by atoms with Crippen molar-refractivity contribution in [1.29, 1.82) is 0 Å². The minimum absolute atomic E-state index is 0.374. The zero-order valence-electron chi connectivity index (χ0n) is 13.5. The van der Waals surface area contributed by atoms with E-state index < -0.39 is 0 Å². The lowest BCUT2D eigenvalue weighted by Crippen LogP contribution is -2.36. The molecule has 2 heteroatoms. The molecule has 0 unspecified atom stereocenters. The number of hydrogen-bond donors (Lipinski definition) is 1. The van der Waals surface area contributed by atoms with Gasteiger partial charge in [0, 0.05) is 18.0 Å².